The SMILES string of the molecule is CC(C(=O)NC(CO)Cc1ccccc1)N1C(=O)C(=Cc2ccccc2)SC1=S. The summed E-state index contributed by atoms with van der Waals surface area (Å²) >= 11 is 6.54. The molecule has 0 aromatic heterocycles. The van der Waals surface area contributed by atoms with Crippen LogP contribution in [0, 0.1) is 0 Å². The maximum atomic E-state index is 12.8. The van der Waals surface area contributed by atoms with Crippen LogP contribution in [0.3, 0.4) is 0 Å². The molecule has 2 N–H and O–H groups in total. The number of benzene rings is 2. The fraction of sp³-hybridized carbons (Fsp3) is 0.227. The highest BCUT2D eigenvalue weighted by Crippen LogP contribution is 2.34. The molecule has 0 aliphatic carbocycles. The van der Waals surface area contributed by atoms with Crippen LogP contribution < -0.4 is 5.32 Å². The summed E-state index contributed by atoms with van der Waals surface area (Å²) in [7, 11) is 0. The number of thioether (sulfide) groups is 1. The van der Waals surface area contributed by atoms with E-state index in [2.05, 4.69) is 5.32 Å². The quantitative estimate of drug-likeness (QED) is 0.526. The molecule has 1 aliphatic heterocycles. The van der Waals surface area contributed by atoms with Gasteiger partial charge in [0.25, 0.3) is 5.91 Å². The molecule has 1 fully saturated rings. The Morgan fingerprint density at radius 1 is 1.17 bits per heavy atom. The van der Waals surface area contributed by atoms with E-state index in [-0.39, 0.29) is 18.4 Å². The number of hydrogen-bond acceptors (Lipinski definition) is 5. The Bertz CT molecular complexity index is 916. The molecule has 150 valence electrons. The molecule has 0 saturated carbocycles. The number of aliphatic hydroxyl groups is 1. The number of nitrogens with one attached hydrogen (secondary N) is 1. The second-order valence-corrected chi connectivity index (χ2v) is 8.39. The number of carbonyl (C=O) groups excluding carboxylic acids is 2. The number of nitrogens with zero attached hydrogens (tertiary/aromatic N) is 1. The third-order valence-electron chi connectivity index (χ3n) is 4.58. The van der Waals surface area contributed by atoms with E-state index in [1.165, 1.54) is 16.7 Å². The fourth-order valence-electron chi connectivity index (χ4n) is 3.01. The second-order valence-electron chi connectivity index (χ2n) is 6.72. The van der Waals surface area contributed by atoms with E-state index in [1.54, 1.807) is 13.0 Å². The zero-order chi connectivity index (χ0) is 20.8. The molecule has 2 aromatic rings. The molecule has 0 spiro atoms. The topological polar surface area (TPSA) is 69.6 Å². The largest absolute Gasteiger partial charge is 0.394 e. The summed E-state index contributed by atoms with van der Waals surface area (Å²) in [5.74, 6) is -0.632. The van der Waals surface area contributed by atoms with Gasteiger partial charge in [-0.1, -0.05) is 84.6 Å². The van der Waals surface area contributed by atoms with Crippen molar-refractivity contribution < 1.29 is 14.7 Å². The van der Waals surface area contributed by atoms with E-state index < -0.39 is 12.1 Å². The van der Waals surface area contributed by atoms with Crippen molar-refractivity contribution in [1.82, 2.24) is 10.2 Å². The Kier molecular flexibility index (Phi) is 7.19. The summed E-state index contributed by atoms with van der Waals surface area (Å²) in [5, 5.41) is 12.5. The lowest BCUT2D eigenvalue weighted by Gasteiger charge is -2.25. The summed E-state index contributed by atoms with van der Waals surface area (Å²) in [6.07, 6.45) is 2.28. The number of rotatable bonds is 7. The molecule has 5 nitrogen and oxygen atoms in total. The lowest BCUT2D eigenvalue weighted by atomic mass is 10.1. The third-order valence-corrected chi connectivity index (χ3v) is 5.91. The first-order valence-electron chi connectivity index (χ1n) is 9.27. The number of aliphatic hydroxyl groups excluding tert-OH is 1. The van der Waals surface area contributed by atoms with Gasteiger partial charge in [-0.05, 0) is 30.5 Å². The predicted molar refractivity (Wildman–Crippen MR) is 120 cm³/mol. The van der Waals surface area contributed by atoms with Crippen LogP contribution in [0.1, 0.15) is 18.1 Å². The van der Waals surface area contributed by atoms with Crippen LogP contribution in [0.4, 0.5) is 0 Å². The lowest BCUT2D eigenvalue weighted by molar-refractivity contribution is -0.132. The molecule has 1 aliphatic rings. The molecule has 3 rings (SSSR count). The summed E-state index contributed by atoms with van der Waals surface area (Å²) in [6.45, 7) is 1.45. The maximum absolute atomic E-state index is 12.8. The third kappa shape index (κ3) is 5.32. The molecule has 1 saturated heterocycles. The van der Waals surface area contributed by atoms with E-state index in [4.69, 9.17) is 12.2 Å². The van der Waals surface area contributed by atoms with Crippen LogP contribution in [0.5, 0.6) is 0 Å². The normalized spacial score (nSPS) is 17.4. The minimum absolute atomic E-state index is 0.195. The van der Waals surface area contributed by atoms with Gasteiger partial charge in [0.2, 0.25) is 5.91 Å². The highest BCUT2D eigenvalue weighted by molar-refractivity contribution is 8.26. The van der Waals surface area contributed by atoms with Crippen molar-refractivity contribution in [1.29, 1.82) is 0 Å². The average molecular weight is 427 g/mol. The molecule has 2 atom stereocenters. The Morgan fingerprint density at radius 3 is 2.41 bits per heavy atom. The summed E-state index contributed by atoms with van der Waals surface area (Å²) in [5.41, 5.74) is 1.91. The van der Waals surface area contributed by atoms with Gasteiger partial charge >= 0.3 is 0 Å². The number of hydrogen-bond donors (Lipinski definition) is 2. The van der Waals surface area contributed by atoms with E-state index in [9.17, 15) is 14.7 Å². The van der Waals surface area contributed by atoms with E-state index in [0.29, 0.717) is 15.6 Å². The van der Waals surface area contributed by atoms with Gasteiger partial charge in [0.05, 0.1) is 17.6 Å². The van der Waals surface area contributed by atoms with E-state index in [1.807, 2.05) is 60.7 Å². The monoisotopic (exact) mass is 426 g/mol. The standard InChI is InChI=1S/C22H22N2O3S2/c1-15(20(26)23-18(14-25)12-16-8-4-2-5-9-16)24-21(27)19(29-22(24)28)13-17-10-6-3-7-11-17/h2-11,13,15,18,25H,12,14H2,1H3,(H,23,26). The van der Waals surface area contributed by atoms with Crippen LogP contribution in [0.2, 0.25) is 0 Å². The molecule has 0 bridgehead atoms. The first-order chi connectivity index (χ1) is 14.0. The number of carbonyl (C=O) groups is 2. The molecular formula is C22H22N2O3S2. The minimum Gasteiger partial charge on any atom is -0.394 e. The van der Waals surface area contributed by atoms with Gasteiger partial charge in [0, 0.05) is 0 Å². The number of thiocarbonyl (C=S) groups is 1. The Balaban J connectivity index is 1.67. The van der Waals surface area contributed by atoms with Crippen molar-refractivity contribution >= 4 is 46.2 Å². The Labute approximate surface area is 179 Å². The summed E-state index contributed by atoms with van der Waals surface area (Å²) in [4.78, 5) is 27.4. The first-order valence-corrected chi connectivity index (χ1v) is 10.5. The van der Waals surface area contributed by atoms with Crippen LogP contribution in [0.15, 0.2) is 65.6 Å². The molecule has 2 unspecified atom stereocenters. The average Bonchev–Trinajstić information content (AvgIpc) is 3.01. The highest BCUT2D eigenvalue weighted by atomic mass is 32.2. The van der Waals surface area contributed by atoms with Gasteiger partial charge < -0.3 is 10.4 Å². The Hall–Kier alpha value is -2.48. The zero-order valence-electron chi connectivity index (χ0n) is 15.9. The minimum atomic E-state index is -0.769. The van der Waals surface area contributed by atoms with E-state index >= 15 is 0 Å². The van der Waals surface area contributed by atoms with Gasteiger partial charge in [-0.2, -0.15) is 0 Å². The highest BCUT2D eigenvalue weighted by Gasteiger charge is 2.38. The van der Waals surface area contributed by atoms with Gasteiger partial charge in [-0.25, -0.2) is 0 Å². The van der Waals surface area contributed by atoms with Crippen molar-refractivity contribution in [3.8, 4) is 0 Å². The lowest BCUT2D eigenvalue weighted by Crippen LogP contribution is -2.51. The van der Waals surface area contributed by atoms with Crippen molar-refractivity contribution in [2.45, 2.75) is 25.4 Å². The van der Waals surface area contributed by atoms with Crippen molar-refractivity contribution in [2.75, 3.05) is 6.61 Å². The first kappa shape index (κ1) is 21.2. The van der Waals surface area contributed by atoms with Gasteiger partial charge in [-0.15, -0.1) is 0 Å². The molecule has 29 heavy (non-hydrogen) atoms. The van der Waals surface area contributed by atoms with Crippen molar-refractivity contribution in [3.05, 3.63) is 76.7 Å². The molecule has 2 aromatic carbocycles. The van der Waals surface area contributed by atoms with Crippen LogP contribution >= 0.6 is 24.0 Å². The van der Waals surface area contributed by atoms with Gasteiger partial charge in [0.15, 0.2) is 0 Å². The Morgan fingerprint density at radius 2 is 1.79 bits per heavy atom. The van der Waals surface area contributed by atoms with Crippen LogP contribution in [-0.4, -0.2) is 44.8 Å². The van der Waals surface area contributed by atoms with E-state index in [0.717, 1.165) is 11.1 Å². The smallest absolute Gasteiger partial charge is 0.266 e. The second kappa shape index (κ2) is 9.82. The molecule has 2 amide bonds. The van der Waals surface area contributed by atoms with Crippen LogP contribution in [0.25, 0.3) is 6.08 Å². The molecule has 0 radical (unpaired) electrons. The summed E-state index contributed by atoms with van der Waals surface area (Å²) in [6, 6.07) is 17.9. The van der Waals surface area contributed by atoms with Crippen molar-refractivity contribution in [2.24, 2.45) is 0 Å². The number of amides is 2. The van der Waals surface area contributed by atoms with Crippen molar-refractivity contribution in [3.63, 3.8) is 0 Å². The van der Waals surface area contributed by atoms with Crippen LogP contribution in [-0.2, 0) is 16.0 Å². The van der Waals surface area contributed by atoms with Gasteiger partial charge in [0.1, 0.15) is 10.4 Å². The molecule has 7 heteroatoms. The molecular weight excluding hydrogens is 404 g/mol. The summed E-state index contributed by atoms with van der Waals surface area (Å²) < 4.78 is 0.350. The maximum Gasteiger partial charge on any atom is 0.266 e. The predicted octanol–water partition coefficient (Wildman–Crippen LogP) is 3.00. The zero-order valence-corrected chi connectivity index (χ0v) is 17.6. The van der Waals surface area contributed by atoms with Gasteiger partial charge in [-0.3, -0.25) is 14.5 Å². The molecule has 1 heterocycles. The fourth-order valence-corrected chi connectivity index (χ4v) is 4.43.